The number of halogens is 2. The Morgan fingerprint density at radius 2 is 1.65 bits per heavy atom. The summed E-state index contributed by atoms with van der Waals surface area (Å²) in [5.41, 5.74) is 1.48. The molecule has 0 unspecified atom stereocenters. The van der Waals surface area contributed by atoms with Crippen molar-refractivity contribution in [1.29, 1.82) is 0 Å². The summed E-state index contributed by atoms with van der Waals surface area (Å²) in [6.45, 7) is 2.81. The number of methoxy groups -OCH3 is 1. The highest BCUT2D eigenvalue weighted by Crippen LogP contribution is 2.35. The highest BCUT2D eigenvalue weighted by atomic mass is 19.1. The van der Waals surface area contributed by atoms with E-state index in [1.54, 1.807) is 31.4 Å². The van der Waals surface area contributed by atoms with Crippen LogP contribution in [0.1, 0.15) is 12.8 Å². The molecule has 9 heteroatoms. The van der Waals surface area contributed by atoms with Crippen molar-refractivity contribution in [1.82, 2.24) is 14.9 Å². The van der Waals surface area contributed by atoms with E-state index in [0.29, 0.717) is 35.6 Å². The Kier molecular flexibility index (Phi) is 7.32. The van der Waals surface area contributed by atoms with Gasteiger partial charge in [0.15, 0.2) is 11.5 Å². The summed E-state index contributed by atoms with van der Waals surface area (Å²) >= 11 is 0. The number of fused-ring (bicyclic) bond motifs is 1. The summed E-state index contributed by atoms with van der Waals surface area (Å²) in [7, 11) is 3.76. The molecule has 0 radical (unpaired) electrons. The highest BCUT2D eigenvalue weighted by molar-refractivity contribution is 5.93. The molecule has 4 aromatic rings. The van der Waals surface area contributed by atoms with Gasteiger partial charge in [0.25, 0.3) is 0 Å². The Morgan fingerprint density at radius 1 is 0.919 bits per heavy atom. The number of piperidine rings is 1. The summed E-state index contributed by atoms with van der Waals surface area (Å²) < 4.78 is 44.2. The van der Waals surface area contributed by atoms with Gasteiger partial charge in [0, 0.05) is 35.3 Å². The molecule has 1 fully saturated rings. The van der Waals surface area contributed by atoms with Crippen LogP contribution in [0.3, 0.4) is 0 Å². The van der Waals surface area contributed by atoms with E-state index < -0.39 is 11.6 Å². The lowest BCUT2D eigenvalue weighted by atomic mass is 9.98. The van der Waals surface area contributed by atoms with Crippen LogP contribution >= 0.6 is 0 Å². The zero-order chi connectivity index (χ0) is 25.8. The molecule has 0 aliphatic carbocycles. The topological polar surface area (TPSA) is 68.7 Å². The fraction of sp³-hybridized carbons (Fsp3) is 0.286. The molecular formula is C28H28F2N4O3. The molecule has 5 rings (SSSR count). The molecule has 0 atom stereocenters. The first-order valence-corrected chi connectivity index (χ1v) is 12.1. The smallest absolute Gasteiger partial charge is 0.163 e. The number of hydrogen-bond donors (Lipinski definition) is 1. The van der Waals surface area contributed by atoms with Gasteiger partial charge in [-0.15, -0.1) is 0 Å². The van der Waals surface area contributed by atoms with E-state index in [0.717, 1.165) is 60.7 Å². The first-order valence-electron chi connectivity index (χ1n) is 12.1. The van der Waals surface area contributed by atoms with Gasteiger partial charge in [0.05, 0.1) is 19.2 Å². The summed E-state index contributed by atoms with van der Waals surface area (Å²) in [5, 5.41) is 4.07. The Morgan fingerprint density at radius 3 is 2.35 bits per heavy atom. The minimum atomic E-state index is -0.699. The lowest BCUT2D eigenvalue weighted by molar-refractivity contribution is 0.157. The van der Waals surface area contributed by atoms with Gasteiger partial charge in [0.1, 0.15) is 35.3 Å². The van der Waals surface area contributed by atoms with Crippen molar-refractivity contribution in [2.24, 2.45) is 5.92 Å². The molecule has 3 aromatic carbocycles. The van der Waals surface area contributed by atoms with Gasteiger partial charge in [-0.1, -0.05) is 0 Å². The highest BCUT2D eigenvalue weighted by Gasteiger charge is 2.19. The van der Waals surface area contributed by atoms with Crippen molar-refractivity contribution >= 4 is 22.4 Å². The van der Waals surface area contributed by atoms with Gasteiger partial charge in [-0.2, -0.15) is 0 Å². The van der Waals surface area contributed by atoms with Crippen LogP contribution in [0.15, 0.2) is 60.9 Å². The standard InChI is InChI=1S/C28H28F2N4O3/c1-34-9-7-18(8-10-34)16-36-27-15-25-24(14-26(27)35-2)28(32-17-31-25)33-21-3-5-22(6-4-21)37-23-12-19(29)11-20(30)13-23/h3-6,11-15,17-18H,7-10,16H2,1-2H3,(H,31,32,33). The fourth-order valence-corrected chi connectivity index (χ4v) is 4.34. The number of nitrogens with one attached hydrogen (secondary N) is 1. The molecule has 1 aliphatic rings. The molecule has 0 amide bonds. The predicted octanol–water partition coefficient (Wildman–Crippen LogP) is 6.17. The monoisotopic (exact) mass is 506 g/mol. The van der Waals surface area contributed by atoms with Crippen LogP contribution in [-0.4, -0.2) is 48.7 Å². The zero-order valence-corrected chi connectivity index (χ0v) is 20.7. The number of rotatable bonds is 8. The Balaban J connectivity index is 1.31. The van der Waals surface area contributed by atoms with Crippen LogP contribution in [0.2, 0.25) is 0 Å². The number of likely N-dealkylation sites (tertiary alicyclic amines) is 1. The molecule has 7 nitrogen and oxygen atoms in total. The largest absolute Gasteiger partial charge is 0.493 e. The van der Waals surface area contributed by atoms with Crippen molar-refractivity contribution in [2.45, 2.75) is 12.8 Å². The van der Waals surface area contributed by atoms with Crippen LogP contribution in [-0.2, 0) is 0 Å². The maximum atomic E-state index is 13.4. The number of nitrogens with zero attached hydrogens (tertiary/aromatic N) is 3. The maximum Gasteiger partial charge on any atom is 0.163 e. The molecule has 0 bridgehead atoms. The number of anilines is 2. The van der Waals surface area contributed by atoms with E-state index >= 15 is 0 Å². The van der Waals surface area contributed by atoms with Gasteiger partial charge in [-0.25, -0.2) is 18.7 Å². The maximum absolute atomic E-state index is 13.4. The molecule has 1 aliphatic heterocycles. The Labute approximate surface area is 214 Å². The van der Waals surface area contributed by atoms with E-state index in [1.807, 2.05) is 12.1 Å². The lowest BCUT2D eigenvalue weighted by Crippen LogP contribution is -2.32. The normalized spacial score (nSPS) is 14.5. The number of benzene rings is 3. The average molecular weight is 507 g/mol. The molecule has 37 heavy (non-hydrogen) atoms. The number of ether oxygens (including phenoxy) is 3. The van der Waals surface area contributed by atoms with Crippen molar-refractivity contribution in [3.63, 3.8) is 0 Å². The first-order chi connectivity index (χ1) is 18.0. The van der Waals surface area contributed by atoms with Gasteiger partial charge < -0.3 is 24.4 Å². The Bertz CT molecular complexity index is 1360. The molecular weight excluding hydrogens is 478 g/mol. The van der Waals surface area contributed by atoms with Crippen LogP contribution in [0.5, 0.6) is 23.0 Å². The van der Waals surface area contributed by atoms with E-state index in [9.17, 15) is 8.78 Å². The fourth-order valence-electron chi connectivity index (χ4n) is 4.34. The van der Waals surface area contributed by atoms with Crippen LogP contribution in [0, 0.1) is 17.6 Å². The lowest BCUT2D eigenvalue weighted by Gasteiger charge is -2.28. The zero-order valence-electron chi connectivity index (χ0n) is 20.7. The van der Waals surface area contributed by atoms with Gasteiger partial charge >= 0.3 is 0 Å². The molecule has 1 aromatic heterocycles. The van der Waals surface area contributed by atoms with Crippen molar-refractivity contribution < 1.29 is 23.0 Å². The minimum Gasteiger partial charge on any atom is -0.493 e. The third-order valence-corrected chi connectivity index (χ3v) is 6.42. The van der Waals surface area contributed by atoms with E-state index in [2.05, 4.69) is 27.2 Å². The number of aromatic nitrogens is 2. The average Bonchev–Trinajstić information content (AvgIpc) is 2.88. The summed E-state index contributed by atoms with van der Waals surface area (Å²) in [5.74, 6) is 1.52. The van der Waals surface area contributed by atoms with E-state index in [4.69, 9.17) is 14.2 Å². The van der Waals surface area contributed by atoms with E-state index in [-0.39, 0.29) is 5.75 Å². The van der Waals surface area contributed by atoms with E-state index in [1.165, 1.54) is 6.33 Å². The SMILES string of the molecule is COc1cc2c(Nc3ccc(Oc4cc(F)cc(F)c4)cc3)ncnc2cc1OCC1CCN(C)CC1. The summed E-state index contributed by atoms with van der Waals surface area (Å²) in [4.78, 5) is 11.2. The summed E-state index contributed by atoms with van der Waals surface area (Å²) in [6, 6.07) is 13.8. The second kappa shape index (κ2) is 11.0. The summed E-state index contributed by atoms with van der Waals surface area (Å²) in [6.07, 6.45) is 3.73. The molecule has 0 saturated carbocycles. The molecule has 0 spiro atoms. The molecule has 192 valence electrons. The van der Waals surface area contributed by atoms with Crippen molar-refractivity contribution in [3.8, 4) is 23.0 Å². The third kappa shape index (κ3) is 6.06. The van der Waals surface area contributed by atoms with Crippen molar-refractivity contribution in [3.05, 3.63) is 72.6 Å². The predicted molar refractivity (Wildman–Crippen MR) is 138 cm³/mol. The van der Waals surface area contributed by atoms with Gasteiger partial charge in [-0.05, 0) is 69.2 Å². The quantitative estimate of drug-likeness (QED) is 0.306. The number of hydrogen-bond acceptors (Lipinski definition) is 7. The van der Waals surface area contributed by atoms with Crippen LogP contribution in [0.4, 0.5) is 20.3 Å². The second-order valence-corrected chi connectivity index (χ2v) is 9.16. The van der Waals surface area contributed by atoms with Crippen LogP contribution in [0.25, 0.3) is 10.9 Å². The molecule has 1 saturated heterocycles. The first kappa shape index (κ1) is 24.7. The third-order valence-electron chi connectivity index (χ3n) is 6.42. The van der Waals surface area contributed by atoms with Crippen LogP contribution < -0.4 is 19.5 Å². The minimum absolute atomic E-state index is 0.0842. The molecule has 2 heterocycles. The van der Waals surface area contributed by atoms with Gasteiger partial charge in [0.2, 0.25) is 0 Å². The molecule has 1 N–H and O–H groups in total. The van der Waals surface area contributed by atoms with Gasteiger partial charge in [-0.3, -0.25) is 0 Å². The Hall–Kier alpha value is -3.98. The van der Waals surface area contributed by atoms with Crippen molar-refractivity contribution in [2.75, 3.05) is 39.2 Å². The second-order valence-electron chi connectivity index (χ2n) is 9.16.